The molecule has 0 saturated carbocycles. The first kappa shape index (κ1) is 7.56. The minimum atomic E-state index is 0.908. The van der Waals surface area contributed by atoms with E-state index in [0.29, 0.717) is 0 Å². The molecule has 1 aliphatic heterocycles. The first-order chi connectivity index (χ1) is 6.95. The normalized spacial score (nSPS) is 13.7. The first-order valence-corrected chi connectivity index (χ1v) is 4.63. The van der Waals surface area contributed by atoms with Gasteiger partial charge in [-0.1, -0.05) is 18.2 Å². The van der Waals surface area contributed by atoms with Crippen molar-refractivity contribution in [3.8, 4) is 5.75 Å². The first-order valence-electron chi connectivity index (χ1n) is 4.63. The lowest BCUT2D eigenvalue weighted by Gasteiger charge is -2.13. The molecule has 0 bridgehead atoms. The molecule has 0 radical (unpaired) electrons. The van der Waals surface area contributed by atoms with Gasteiger partial charge >= 0.3 is 0 Å². The van der Waals surface area contributed by atoms with Gasteiger partial charge in [-0.25, -0.2) is 0 Å². The van der Waals surface area contributed by atoms with Gasteiger partial charge in [-0.15, -0.1) is 0 Å². The van der Waals surface area contributed by atoms with E-state index in [4.69, 9.17) is 4.74 Å². The van der Waals surface area contributed by atoms with E-state index in [2.05, 4.69) is 17.1 Å². The van der Waals surface area contributed by atoms with Gasteiger partial charge < -0.3 is 4.74 Å². The largest absolute Gasteiger partial charge is 0.463 e. The molecule has 0 N–H and O–H groups in total. The number of pyridine rings is 1. The van der Waals surface area contributed by atoms with E-state index in [1.807, 2.05) is 18.2 Å². The lowest BCUT2D eigenvalue weighted by molar-refractivity contribution is 0.469. The molecular formula is C12H9NO. The zero-order valence-corrected chi connectivity index (χ0v) is 7.60. The smallest absolute Gasteiger partial charge is 0.156 e. The molecule has 68 valence electrons. The number of nitrogens with zero attached hydrogens (tertiary/aromatic N) is 1. The Kier molecular flexibility index (Phi) is 1.53. The second-order valence-corrected chi connectivity index (χ2v) is 3.32. The number of fused-ring (bicyclic) bond motifs is 3. The molecule has 0 atom stereocenters. The van der Waals surface area contributed by atoms with Crippen molar-refractivity contribution in [2.24, 2.45) is 0 Å². The highest BCUT2D eigenvalue weighted by atomic mass is 16.5. The summed E-state index contributed by atoms with van der Waals surface area (Å²) in [6, 6.07) is 8.17. The van der Waals surface area contributed by atoms with E-state index in [9.17, 15) is 0 Å². The number of benzene rings is 1. The van der Waals surface area contributed by atoms with E-state index in [1.165, 1.54) is 5.56 Å². The van der Waals surface area contributed by atoms with Crippen molar-refractivity contribution in [3.63, 3.8) is 0 Å². The van der Waals surface area contributed by atoms with Crippen molar-refractivity contribution in [2.75, 3.05) is 0 Å². The van der Waals surface area contributed by atoms with Gasteiger partial charge in [0.15, 0.2) is 5.75 Å². The van der Waals surface area contributed by atoms with Crippen molar-refractivity contribution in [1.29, 1.82) is 0 Å². The molecule has 0 aliphatic carbocycles. The van der Waals surface area contributed by atoms with Crippen LogP contribution in [-0.2, 0) is 6.42 Å². The van der Waals surface area contributed by atoms with Crippen LogP contribution in [0.5, 0.6) is 5.75 Å². The Hall–Kier alpha value is -1.83. The summed E-state index contributed by atoms with van der Waals surface area (Å²) in [6.45, 7) is 0. The third kappa shape index (κ3) is 1.01. The highest BCUT2D eigenvalue weighted by Crippen LogP contribution is 2.30. The molecule has 2 nitrogen and oxygen atoms in total. The third-order valence-corrected chi connectivity index (χ3v) is 2.43. The summed E-state index contributed by atoms with van der Waals surface area (Å²) in [4.78, 5) is 4.34. The average Bonchev–Trinajstić information content (AvgIpc) is 2.29. The Morgan fingerprint density at radius 1 is 1.21 bits per heavy atom. The van der Waals surface area contributed by atoms with Crippen LogP contribution in [-0.4, -0.2) is 4.98 Å². The van der Waals surface area contributed by atoms with Crippen molar-refractivity contribution >= 4 is 10.9 Å². The monoisotopic (exact) mass is 183 g/mol. The molecule has 2 heteroatoms. The van der Waals surface area contributed by atoms with Crippen molar-refractivity contribution in [3.05, 3.63) is 48.4 Å². The molecule has 0 amide bonds. The fourth-order valence-electron chi connectivity index (χ4n) is 1.74. The summed E-state index contributed by atoms with van der Waals surface area (Å²) in [6.07, 6.45) is 6.47. The Morgan fingerprint density at radius 2 is 2.21 bits per heavy atom. The number of rotatable bonds is 0. The Morgan fingerprint density at radius 3 is 3.21 bits per heavy atom. The van der Waals surface area contributed by atoms with Crippen LogP contribution in [0, 0.1) is 0 Å². The average molecular weight is 183 g/mol. The molecule has 14 heavy (non-hydrogen) atoms. The topological polar surface area (TPSA) is 22.1 Å². The van der Waals surface area contributed by atoms with Crippen LogP contribution in [0.25, 0.3) is 10.9 Å². The van der Waals surface area contributed by atoms with Gasteiger partial charge in [0.05, 0.1) is 6.26 Å². The molecule has 2 heterocycles. The fraction of sp³-hybridized carbons (Fsp3) is 0.0833. The molecule has 0 fully saturated rings. The van der Waals surface area contributed by atoms with Gasteiger partial charge in [0.1, 0.15) is 5.52 Å². The maximum atomic E-state index is 5.49. The van der Waals surface area contributed by atoms with Gasteiger partial charge in [0.2, 0.25) is 0 Å². The number of hydrogen-bond acceptors (Lipinski definition) is 2. The van der Waals surface area contributed by atoms with Gasteiger partial charge in [-0.3, -0.25) is 4.98 Å². The predicted molar refractivity (Wildman–Crippen MR) is 55.2 cm³/mol. The van der Waals surface area contributed by atoms with E-state index in [-0.39, 0.29) is 0 Å². The van der Waals surface area contributed by atoms with Gasteiger partial charge in [-0.2, -0.15) is 0 Å². The second-order valence-electron chi connectivity index (χ2n) is 3.32. The van der Waals surface area contributed by atoms with Crippen LogP contribution in [0.1, 0.15) is 5.56 Å². The van der Waals surface area contributed by atoms with Gasteiger partial charge in [0, 0.05) is 17.1 Å². The third-order valence-electron chi connectivity index (χ3n) is 2.43. The lowest BCUT2D eigenvalue weighted by Crippen LogP contribution is -1.97. The minimum absolute atomic E-state index is 0.908. The summed E-state index contributed by atoms with van der Waals surface area (Å²) in [7, 11) is 0. The van der Waals surface area contributed by atoms with Gasteiger partial charge in [0.25, 0.3) is 0 Å². The Bertz CT molecular complexity index is 517. The number of aromatic nitrogens is 1. The predicted octanol–water partition coefficient (Wildman–Crippen LogP) is 2.68. The number of ether oxygens (including phenoxy) is 1. The maximum absolute atomic E-state index is 5.49. The molecule has 1 aromatic heterocycles. The lowest BCUT2D eigenvalue weighted by atomic mass is 10.1. The molecule has 0 spiro atoms. The number of hydrogen-bond donors (Lipinski definition) is 0. The van der Waals surface area contributed by atoms with Gasteiger partial charge in [-0.05, 0) is 18.6 Å². The van der Waals surface area contributed by atoms with Crippen LogP contribution >= 0.6 is 0 Å². The van der Waals surface area contributed by atoms with Crippen LogP contribution < -0.4 is 4.74 Å². The number of allylic oxidation sites excluding steroid dienone is 1. The molecule has 0 saturated heterocycles. The zero-order chi connectivity index (χ0) is 9.38. The van der Waals surface area contributed by atoms with Crippen LogP contribution in [0.15, 0.2) is 42.8 Å². The molecule has 3 rings (SSSR count). The second kappa shape index (κ2) is 2.84. The fourth-order valence-corrected chi connectivity index (χ4v) is 1.74. The van der Waals surface area contributed by atoms with E-state index in [1.54, 1.807) is 12.5 Å². The highest BCUT2D eigenvalue weighted by Gasteiger charge is 2.10. The summed E-state index contributed by atoms with van der Waals surface area (Å²) in [5.74, 6) is 0.908. The van der Waals surface area contributed by atoms with E-state index < -0.39 is 0 Å². The summed E-state index contributed by atoms with van der Waals surface area (Å²) >= 11 is 0. The Balaban J connectivity index is 2.37. The van der Waals surface area contributed by atoms with Crippen LogP contribution in [0.3, 0.4) is 0 Å². The highest BCUT2D eigenvalue weighted by molar-refractivity contribution is 5.86. The van der Waals surface area contributed by atoms with Crippen LogP contribution in [0.2, 0.25) is 0 Å². The van der Waals surface area contributed by atoms with Crippen LogP contribution in [0.4, 0.5) is 0 Å². The SMILES string of the molecule is C1=COc2c(ccc3cccnc23)C1. The van der Waals surface area contributed by atoms with Crippen molar-refractivity contribution in [2.45, 2.75) is 6.42 Å². The minimum Gasteiger partial charge on any atom is -0.463 e. The molecule has 2 aromatic rings. The molecular weight excluding hydrogens is 174 g/mol. The Labute approximate surface area is 81.8 Å². The molecule has 0 unspecified atom stereocenters. The maximum Gasteiger partial charge on any atom is 0.156 e. The molecule has 1 aromatic carbocycles. The van der Waals surface area contributed by atoms with E-state index in [0.717, 1.165) is 23.1 Å². The zero-order valence-electron chi connectivity index (χ0n) is 7.60. The quantitative estimate of drug-likeness (QED) is 0.626. The standard InChI is InChI=1S/C12H9NO/c1-3-9-5-6-10-4-2-8-14-12(10)11(9)13-7-1/h1-3,5-8H,4H2. The van der Waals surface area contributed by atoms with Crippen molar-refractivity contribution in [1.82, 2.24) is 4.98 Å². The molecule has 1 aliphatic rings. The van der Waals surface area contributed by atoms with Crippen molar-refractivity contribution < 1.29 is 4.74 Å². The van der Waals surface area contributed by atoms with E-state index >= 15 is 0 Å². The summed E-state index contributed by atoms with van der Waals surface area (Å²) < 4.78 is 5.49. The summed E-state index contributed by atoms with van der Waals surface area (Å²) in [5.41, 5.74) is 2.16. The summed E-state index contributed by atoms with van der Waals surface area (Å²) in [5, 5.41) is 1.13.